The van der Waals surface area contributed by atoms with Gasteiger partial charge in [-0.15, -0.1) is 11.6 Å². The third kappa shape index (κ3) is 3.25. The zero-order valence-electron chi connectivity index (χ0n) is 6.80. The normalized spacial score (nSPS) is 9.69. The van der Waals surface area contributed by atoms with Crippen LogP contribution in [-0.4, -0.2) is 17.7 Å². The van der Waals surface area contributed by atoms with Crippen molar-refractivity contribution in [1.29, 1.82) is 0 Å². The van der Waals surface area contributed by atoms with Gasteiger partial charge in [0.1, 0.15) is 12.4 Å². The van der Waals surface area contributed by atoms with Crippen molar-refractivity contribution in [3.05, 3.63) is 29.8 Å². The Bertz CT molecular complexity index is 299. The Morgan fingerprint density at radius 2 is 2.23 bits per heavy atom. The molecule has 0 N–H and O–H groups in total. The van der Waals surface area contributed by atoms with E-state index in [-0.39, 0.29) is 0 Å². The lowest BCUT2D eigenvalue weighted by Gasteiger charge is -2.03. The molecular formula is C9H8Cl2O2. The second kappa shape index (κ2) is 5.10. The number of benzene rings is 1. The summed E-state index contributed by atoms with van der Waals surface area (Å²) in [5.41, 5.74) is 0.425. The molecule has 0 aliphatic carbocycles. The molecule has 1 rings (SSSR count). The van der Waals surface area contributed by atoms with Crippen LogP contribution in [0.25, 0.3) is 0 Å². The quantitative estimate of drug-likeness (QED) is 0.574. The molecule has 0 unspecified atom stereocenters. The molecule has 0 radical (unpaired) electrons. The van der Waals surface area contributed by atoms with E-state index < -0.39 is 5.24 Å². The zero-order chi connectivity index (χ0) is 9.68. The first-order valence-electron chi connectivity index (χ1n) is 3.72. The molecule has 0 heterocycles. The summed E-state index contributed by atoms with van der Waals surface area (Å²) in [6.45, 7) is 0.418. The average Bonchev–Trinajstić information content (AvgIpc) is 2.15. The molecule has 0 spiro atoms. The fraction of sp³-hybridized carbons (Fsp3) is 0.222. The molecule has 70 valence electrons. The second-order valence-corrected chi connectivity index (χ2v) is 3.06. The SMILES string of the molecule is O=C(Cl)c1cccc(OCCCl)c1. The smallest absolute Gasteiger partial charge is 0.252 e. The Morgan fingerprint density at radius 3 is 2.85 bits per heavy atom. The Hall–Kier alpha value is -0.730. The van der Waals surface area contributed by atoms with Gasteiger partial charge in [0, 0.05) is 5.56 Å². The summed E-state index contributed by atoms with van der Waals surface area (Å²) in [6, 6.07) is 6.67. The third-order valence-corrected chi connectivity index (χ3v) is 1.78. The van der Waals surface area contributed by atoms with Gasteiger partial charge in [0.25, 0.3) is 5.24 Å². The molecule has 0 saturated carbocycles. The Morgan fingerprint density at radius 1 is 1.46 bits per heavy atom. The van der Waals surface area contributed by atoms with Gasteiger partial charge in [-0.2, -0.15) is 0 Å². The number of halogens is 2. The van der Waals surface area contributed by atoms with E-state index >= 15 is 0 Å². The van der Waals surface area contributed by atoms with Gasteiger partial charge in [0.15, 0.2) is 0 Å². The van der Waals surface area contributed by atoms with Gasteiger partial charge >= 0.3 is 0 Å². The standard InChI is InChI=1S/C9H8Cl2O2/c10-4-5-13-8-3-1-2-7(6-8)9(11)12/h1-3,6H,4-5H2. The van der Waals surface area contributed by atoms with Crippen LogP contribution >= 0.6 is 23.2 Å². The molecule has 0 amide bonds. The number of hydrogen-bond donors (Lipinski definition) is 0. The number of carbonyl (C=O) groups is 1. The van der Waals surface area contributed by atoms with Crippen LogP contribution in [-0.2, 0) is 0 Å². The van der Waals surface area contributed by atoms with Crippen molar-refractivity contribution in [2.75, 3.05) is 12.5 Å². The van der Waals surface area contributed by atoms with Gasteiger partial charge < -0.3 is 4.74 Å². The zero-order valence-corrected chi connectivity index (χ0v) is 8.31. The van der Waals surface area contributed by atoms with Crippen molar-refractivity contribution in [2.24, 2.45) is 0 Å². The Kier molecular flexibility index (Phi) is 4.06. The minimum absolute atomic E-state index is 0.416. The molecule has 0 atom stereocenters. The fourth-order valence-electron chi connectivity index (χ4n) is 0.865. The summed E-state index contributed by atoms with van der Waals surface area (Å²) < 4.78 is 5.20. The van der Waals surface area contributed by atoms with Crippen molar-refractivity contribution >= 4 is 28.4 Å². The number of ether oxygens (including phenoxy) is 1. The third-order valence-electron chi connectivity index (χ3n) is 1.41. The average molecular weight is 219 g/mol. The van der Waals surface area contributed by atoms with Crippen LogP contribution in [0, 0.1) is 0 Å². The highest BCUT2D eigenvalue weighted by molar-refractivity contribution is 6.67. The summed E-state index contributed by atoms with van der Waals surface area (Å²) in [4.78, 5) is 10.8. The number of carbonyl (C=O) groups excluding carboxylic acids is 1. The molecule has 0 aliphatic heterocycles. The van der Waals surface area contributed by atoms with E-state index in [1.54, 1.807) is 24.3 Å². The lowest BCUT2D eigenvalue weighted by molar-refractivity contribution is 0.108. The van der Waals surface area contributed by atoms with Crippen LogP contribution in [0.1, 0.15) is 10.4 Å². The van der Waals surface area contributed by atoms with Gasteiger partial charge in [-0.3, -0.25) is 4.79 Å². The lowest BCUT2D eigenvalue weighted by Crippen LogP contribution is -1.98. The monoisotopic (exact) mass is 218 g/mol. The lowest BCUT2D eigenvalue weighted by atomic mass is 10.2. The van der Waals surface area contributed by atoms with Crippen LogP contribution in [0.3, 0.4) is 0 Å². The highest BCUT2D eigenvalue weighted by Gasteiger charge is 2.02. The van der Waals surface area contributed by atoms with Crippen LogP contribution in [0.15, 0.2) is 24.3 Å². The van der Waals surface area contributed by atoms with Crippen molar-refractivity contribution in [3.8, 4) is 5.75 Å². The number of alkyl halides is 1. The minimum atomic E-state index is -0.490. The number of hydrogen-bond acceptors (Lipinski definition) is 2. The van der Waals surface area contributed by atoms with E-state index in [4.69, 9.17) is 27.9 Å². The van der Waals surface area contributed by atoms with E-state index in [1.165, 1.54) is 0 Å². The van der Waals surface area contributed by atoms with E-state index in [9.17, 15) is 4.79 Å². The predicted octanol–water partition coefficient (Wildman–Crippen LogP) is 2.68. The molecule has 0 fully saturated rings. The first-order chi connectivity index (χ1) is 6.24. The highest BCUT2D eigenvalue weighted by atomic mass is 35.5. The molecule has 2 nitrogen and oxygen atoms in total. The van der Waals surface area contributed by atoms with Gasteiger partial charge in [-0.25, -0.2) is 0 Å². The molecule has 4 heteroatoms. The van der Waals surface area contributed by atoms with Gasteiger partial charge in [0.2, 0.25) is 0 Å². The van der Waals surface area contributed by atoms with E-state index in [0.717, 1.165) is 0 Å². The molecule has 0 aliphatic rings. The molecule has 1 aromatic rings. The van der Waals surface area contributed by atoms with E-state index in [2.05, 4.69) is 0 Å². The van der Waals surface area contributed by atoms with Crippen molar-refractivity contribution in [1.82, 2.24) is 0 Å². The molecule has 1 aromatic carbocycles. The van der Waals surface area contributed by atoms with E-state index in [1.807, 2.05) is 0 Å². The summed E-state index contributed by atoms with van der Waals surface area (Å²) in [5, 5.41) is -0.490. The van der Waals surface area contributed by atoms with E-state index in [0.29, 0.717) is 23.8 Å². The summed E-state index contributed by atoms with van der Waals surface area (Å²) in [6.07, 6.45) is 0. The molecule has 0 saturated heterocycles. The maximum Gasteiger partial charge on any atom is 0.252 e. The molecular weight excluding hydrogens is 211 g/mol. The van der Waals surface area contributed by atoms with Crippen molar-refractivity contribution < 1.29 is 9.53 Å². The Balaban J connectivity index is 2.73. The Labute approximate surface area is 86.4 Å². The fourth-order valence-corrected chi connectivity index (χ4v) is 1.06. The maximum absolute atomic E-state index is 10.8. The topological polar surface area (TPSA) is 26.3 Å². The second-order valence-electron chi connectivity index (χ2n) is 2.34. The molecule has 13 heavy (non-hydrogen) atoms. The maximum atomic E-state index is 10.8. The van der Waals surface area contributed by atoms with Gasteiger partial charge in [-0.05, 0) is 29.8 Å². The molecule has 0 aromatic heterocycles. The van der Waals surface area contributed by atoms with Gasteiger partial charge in [-0.1, -0.05) is 6.07 Å². The van der Waals surface area contributed by atoms with Gasteiger partial charge in [0.05, 0.1) is 5.88 Å². The summed E-state index contributed by atoms with van der Waals surface area (Å²) >= 11 is 10.7. The summed E-state index contributed by atoms with van der Waals surface area (Å²) in [7, 11) is 0. The van der Waals surface area contributed by atoms with Crippen LogP contribution < -0.4 is 4.74 Å². The van der Waals surface area contributed by atoms with Crippen molar-refractivity contribution in [3.63, 3.8) is 0 Å². The predicted molar refractivity (Wildman–Crippen MR) is 52.8 cm³/mol. The minimum Gasteiger partial charge on any atom is -0.492 e. The highest BCUT2D eigenvalue weighted by Crippen LogP contribution is 2.14. The largest absolute Gasteiger partial charge is 0.492 e. The first kappa shape index (κ1) is 10.4. The van der Waals surface area contributed by atoms with Crippen LogP contribution in [0.4, 0.5) is 0 Å². The molecule has 0 bridgehead atoms. The first-order valence-corrected chi connectivity index (χ1v) is 4.64. The van der Waals surface area contributed by atoms with Crippen LogP contribution in [0.2, 0.25) is 0 Å². The van der Waals surface area contributed by atoms with Crippen LogP contribution in [0.5, 0.6) is 5.75 Å². The number of rotatable bonds is 4. The van der Waals surface area contributed by atoms with Crippen molar-refractivity contribution in [2.45, 2.75) is 0 Å². The summed E-state index contributed by atoms with van der Waals surface area (Å²) in [5.74, 6) is 1.02.